The summed E-state index contributed by atoms with van der Waals surface area (Å²) in [4.78, 5) is 0. The molecule has 0 bridgehead atoms. The summed E-state index contributed by atoms with van der Waals surface area (Å²) in [6, 6.07) is -0.245. The lowest BCUT2D eigenvalue weighted by Crippen LogP contribution is -2.10. The van der Waals surface area contributed by atoms with Gasteiger partial charge in [-0.25, -0.2) is 0 Å². The summed E-state index contributed by atoms with van der Waals surface area (Å²) in [5.41, 5.74) is 4.65. The van der Waals surface area contributed by atoms with Crippen LogP contribution >= 0.6 is 12.4 Å². The van der Waals surface area contributed by atoms with Gasteiger partial charge < -0.3 is 10.5 Å². The van der Waals surface area contributed by atoms with Gasteiger partial charge in [0.1, 0.15) is 0 Å². The second kappa shape index (κ2) is 4.56. The highest BCUT2D eigenvalue weighted by Gasteiger charge is 1.68. The number of halogens is 1. The van der Waals surface area contributed by atoms with Crippen molar-refractivity contribution in [3.63, 3.8) is 0 Å². The van der Waals surface area contributed by atoms with Crippen molar-refractivity contribution in [1.29, 1.82) is 5.41 Å². The van der Waals surface area contributed by atoms with E-state index in [4.69, 9.17) is 5.41 Å². The van der Waals surface area contributed by atoms with E-state index in [-0.39, 0.29) is 18.4 Å². The Morgan fingerprint density at radius 2 is 2.00 bits per heavy atom. The predicted octanol–water partition coefficient (Wildman–Crippen LogP) is -0.0519. The van der Waals surface area contributed by atoms with Gasteiger partial charge in [0.25, 0.3) is 6.02 Å². The van der Waals surface area contributed by atoms with Crippen LogP contribution in [-0.2, 0) is 4.74 Å². The molecule has 0 unspecified atom stereocenters. The molecule has 0 aromatic heterocycles. The summed E-state index contributed by atoms with van der Waals surface area (Å²) < 4.78 is 4.11. The molecule has 6 heavy (non-hydrogen) atoms. The van der Waals surface area contributed by atoms with Crippen LogP contribution in [0.1, 0.15) is 0 Å². The van der Waals surface area contributed by atoms with Gasteiger partial charge in [-0.2, -0.15) is 0 Å². The molecule has 0 amide bonds. The van der Waals surface area contributed by atoms with Gasteiger partial charge in [-0.1, -0.05) is 0 Å². The first-order valence-electron chi connectivity index (χ1n) is 1.15. The Labute approximate surface area is 42.4 Å². The summed E-state index contributed by atoms with van der Waals surface area (Å²) in [6.45, 7) is 0. The molecule has 0 atom stereocenters. The van der Waals surface area contributed by atoms with Crippen molar-refractivity contribution in [3.8, 4) is 0 Å². The zero-order valence-electron chi connectivity index (χ0n) is 3.39. The van der Waals surface area contributed by atoms with Crippen molar-refractivity contribution in [2.45, 2.75) is 0 Å². The minimum atomic E-state index is -0.245. The Morgan fingerprint density at radius 1 is 1.83 bits per heavy atom. The molecular formula is C2H7ClN2O. The number of nitrogens with two attached hydrogens (primary N) is 1. The van der Waals surface area contributed by atoms with Crippen LogP contribution in [0.2, 0.25) is 0 Å². The van der Waals surface area contributed by atoms with Crippen molar-refractivity contribution in [1.82, 2.24) is 0 Å². The van der Waals surface area contributed by atoms with E-state index in [0.29, 0.717) is 0 Å². The van der Waals surface area contributed by atoms with E-state index in [1.54, 1.807) is 0 Å². The fourth-order valence-corrected chi connectivity index (χ4v) is 0. The first-order chi connectivity index (χ1) is 2.27. The number of ether oxygens (including phenoxy) is 1. The molecule has 0 saturated carbocycles. The predicted molar refractivity (Wildman–Crippen MR) is 26.2 cm³/mol. The topological polar surface area (TPSA) is 59.1 Å². The smallest absolute Gasteiger partial charge is 0.278 e. The second-order valence-corrected chi connectivity index (χ2v) is 0.568. The maximum atomic E-state index is 6.30. The van der Waals surface area contributed by atoms with Crippen LogP contribution in [0.5, 0.6) is 0 Å². The van der Waals surface area contributed by atoms with Crippen LogP contribution in [0, 0.1) is 5.41 Å². The maximum Gasteiger partial charge on any atom is 0.278 e. The fourth-order valence-electron chi connectivity index (χ4n) is 0. The SMILES string of the molecule is CO[14C](=N)N.Cl. The molecule has 3 N–H and O–H groups in total. The number of nitrogens with one attached hydrogen (secondary N) is 1. The Hall–Kier alpha value is -0.440. The number of hydrogen-bond donors (Lipinski definition) is 2. The Balaban J connectivity index is 0. The van der Waals surface area contributed by atoms with Crippen LogP contribution in [0.25, 0.3) is 0 Å². The average Bonchev–Trinajstić information content (AvgIpc) is 1.38. The van der Waals surface area contributed by atoms with Gasteiger partial charge in [0.15, 0.2) is 0 Å². The molecule has 0 aromatic carbocycles. The summed E-state index contributed by atoms with van der Waals surface area (Å²) in [5.74, 6) is 0. The van der Waals surface area contributed by atoms with E-state index < -0.39 is 0 Å². The van der Waals surface area contributed by atoms with Crippen molar-refractivity contribution in [2.75, 3.05) is 7.11 Å². The Kier molecular flexibility index (Phi) is 6.93. The van der Waals surface area contributed by atoms with E-state index >= 15 is 0 Å². The second-order valence-electron chi connectivity index (χ2n) is 0.568. The standard InChI is InChI=1S/C2H6N2O.ClH/c1-5-2(3)4;/h1H3,(H3,3,4);1H/i2+2;. The van der Waals surface area contributed by atoms with Gasteiger partial charge in [-0.3, -0.25) is 5.41 Å². The van der Waals surface area contributed by atoms with Gasteiger partial charge in [0.2, 0.25) is 0 Å². The Morgan fingerprint density at radius 3 is 2.00 bits per heavy atom. The van der Waals surface area contributed by atoms with Crippen LogP contribution < -0.4 is 5.73 Å². The number of hydrogen-bond acceptors (Lipinski definition) is 2. The van der Waals surface area contributed by atoms with E-state index in [2.05, 4.69) is 10.5 Å². The number of amidine groups is 1. The molecule has 3 nitrogen and oxygen atoms in total. The van der Waals surface area contributed by atoms with Gasteiger partial charge >= 0.3 is 0 Å². The number of rotatable bonds is 0. The summed E-state index contributed by atoms with van der Waals surface area (Å²) in [7, 11) is 1.35. The molecule has 0 rings (SSSR count). The molecule has 0 radical (unpaired) electrons. The monoisotopic (exact) mass is 112 g/mol. The molecular weight excluding hydrogens is 105 g/mol. The highest BCUT2D eigenvalue weighted by Crippen LogP contribution is 1.50. The van der Waals surface area contributed by atoms with Gasteiger partial charge in [-0.15, -0.1) is 12.4 Å². The van der Waals surface area contributed by atoms with Crippen LogP contribution in [0.15, 0.2) is 0 Å². The normalized spacial score (nSPS) is 5.50. The lowest BCUT2D eigenvalue weighted by atomic mass is 11.7. The lowest BCUT2D eigenvalue weighted by molar-refractivity contribution is 0.393. The molecule has 0 aromatic rings. The third-order valence-electron chi connectivity index (χ3n) is 0.220. The van der Waals surface area contributed by atoms with Crippen LogP contribution in [-0.4, -0.2) is 13.1 Å². The van der Waals surface area contributed by atoms with Crippen molar-refractivity contribution < 1.29 is 4.74 Å². The largest absolute Gasteiger partial charge is 0.469 e. The summed E-state index contributed by atoms with van der Waals surface area (Å²) >= 11 is 0. The van der Waals surface area contributed by atoms with Gasteiger partial charge in [0, 0.05) is 0 Å². The van der Waals surface area contributed by atoms with Crippen molar-refractivity contribution >= 4 is 18.4 Å². The van der Waals surface area contributed by atoms with E-state index in [1.165, 1.54) is 7.11 Å². The first kappa shape index (κ1) is 9.12. The summed E-state index contributed by atoms with van der Waals surface area (Å²) in [6.07, 6.45) is 0. The Bertz CT molecular complexity index is 46.8. The van der Waals surface area contributed by atoms with Crippen molar-refractivity contribution in [3.05, 3.63) is 0 Å². The molecule has 0 heterocycles. The minimum absolute atomic E-state index is 0. The van der Waals surface area contributed by atoms with E-state index in [0.717, 1.165) is 0 Å². The van der Waals surface area contributed by atoms with Gasteiger partial charge in [-0.05, 0) is 0 Å². The van der Waals surface area contributed by atoms with Crippen molar-refractivity contribution in [2.24, 2.45) is 5.73 Å². The molecule has 0 spiro atoms. The molecule has 4 heteroatoms. The zero-order chi connectivity index (χ0) is 4.28. The highest BCUT2D eigenvalue weighted by atomic mass is 35.5. The molecule has 0 saturated heterocycles. The average molecular weight is 113 g/mol. The minimum Gasteiger partial charge on any atom is -0.469 e. The van der Waals surface area contributed by atoms with Crippen LogP contribution in [0.4, 0.5) is 0 Å². The first-order valence-corrected chi connectivity index (χ1v) is 1.15. The summed E-state index contributed by atoms with van der Waals surface area (Å²) in [5, 5.41) is 6.30. The van der Waals surface area contributed by atoms with E-state index in [1.807, 2.05) is 0 Å². The quantitative estimate of drug-likeness (QED) is 0.341. The molecule has 0 aliphatic carbocycles. The fraction of sp³-hybridized carbons (Fsp3) is 0.500. The number of methoxy groups -OCH3 is 1. The zero-order valence-corrected chi connectivity index (χ0v) is 4.21. The lowest BCUT2D eigenvalue weighted by Gasteiger charge is -1.85. The molecule has 38 valence electrons. The third kappa shape index (κ3) is 9.59. The van der Waals surface area contributed by atoms with Crippen LogP contribution in [0.3, 0.4) is 0 Å². The maximum absolute atomic E-state index is 6.30. The highest BCUT2D eigenvalue weighted by molar-refractivity contribution is 5.85. The molecule has 0 fully saturated rings. The molecule has 0 aliphatic rings. The van der Waals surface area contributed by atoms with E-state index in [9.17, 15) is 0 Å². The molecule has 0 aliphatic heterocycles. The third-order valence-corrected chi connectivity index (χ3v) is 0.220. The van der Waals surface area contributed by atoms with Gasteiger partial charge in [0.05, 0.1) is 7.11 Å².